The van der Waals surface area contributed by atoms with Gasteiger partial charge in [-0.1, -0.05) is 12.1 Å². The van der Waals surface area contributed by atoms with E-state index in [1.165, 1.54) is 31.4 Å². The van der Waals surface area contributed by atoms with Gasteiger partial charge in [0.25, 0.3) is 0 Å². The number of aliphatic carboxylic acids is 1. The summed E-state index contributed by atoms with van der Waals surface area (Å²) in [4.78, 5) is 22.0. The number of rotatable bonds is 3. The molecule has 2 unspecified atom stereocenters. The maximum Gasteiger partial charge on any atom is 0.337 e. The molecule has 1 saturated carbocycles. The van der Waals surface area contributed by atoms with Crippen molar-refractivity contribution in [2.24, 2.45) is 5.92 Å². The molecule has 0 bridgehead atoms. The minimum atomic E-state index is -1.85. The molecular weight excluding hydrogens is 227 g/mol. The number of hydrogen-bond donors (Lipinski definition) is 1. The van der Waals surface area contributed by atoms with Crippen LogP contribution in [0, 0.1) is 5.92 Å². The van der Waals surface area contributed by atoms with E-state index in [1.807, 2.05) is 0 Å². The lowest BCUT2D eigenvalue weighted by atomic mass is 10.0. The Kier molecular flexibility index (Phi) is 2.61. The fourth-order valence-electron chi connectivity index (χ4n) is 1.86. The molecule has 1 fully saturated rings. The average molecular weight is 238 g/mol. The topological polar surface area (TPSA) is 63.6 Å². The normalized spacial score (nSPS) is 26.4. The Hall–Kier alpha value is -1.91. The van der Waals surface area contributed by atoms with Gasteiger partial charge in [-0.15, -0.1) is 0 Å². The average Bonchev–Trinajstić information content (AvgIpc) is 3.03. The minimum absolute atomic E-state index is 0.0487. The van der Waals surface area contributed by atoms with Gasteiger partial charge in [-0.25, -0.2) is 9.18 Å². The van der Waals surface area contributed by atoms with Gasteiger partial charge in [0.2, 0.25) is 0 Å². The molecule has 90 valence electrons. The fourth-order valence-corrected chi connectivity index (χ4v) is 1.86. The molecule has 0 radical (unpaired) electrons. The van der Waals surface area contributed by atoms with Gasteiger partial charge in [-0.3, -0.25) is 4.79 Å². The second-order valence-corrected chi connectivity index (χ2v) is 4.03. The van der Waals surface area contributed by atoms with E-state index in [9.17, 15) is 14.0 Å². The molecule has 0 heterocycles. The predicted octanol–water partition coefficient (Wildman–Crippen LogP) is 1.74. The Morgan fingerprint density at radius 3 is 2.76 bits per heavy atom. The van der Waals surface area contributed by atoms with Crippen LogP contribution in [-0.4, -0.2) is 24.2 Å². The number of carboxylic acids is 1. The van der Waals surface area contributed by atoms with E-state index in [0.717, 1.165) is 0 Å². The number of alkyl halides is 1. The van der Waals surface area contributed by atoms with Gasteiger partial charge in [-0.2, -0.15) is 0 Å². The second kappa shape index (κ2) is 3.84. The summed E-state index contributed by atoms with van der Waals surface area (Å²) in [6.07, 6.45) is -0.0487. The number of hydrogen-bond acceptors (Lipinski definition) is 3. The highest BCUT2D eigenvalue weighted by Crippen LogP contribution is 2.55. The summed E-state index contributed by atoms with van der Waals surface area (Å²) in [5.41, 5.74) is -1.42. The third-order valence-corrected chi connectivity index (χ3v) is 2.96. The van der Waals surface area contributed by atoms with E-state index in [1.54, 1.807) is 0 Å². The number of halogens is 1. The molecular formula is C12H11FO4. The number of carboxylic acid groups (broad SMARTS) is 1. The molecule has 2 rings (SSSR count). The zero-order valence-corrected chi connectivity index (χ0v) is 9.14. The second-order valence-electron chi connectivity index (χ2n) is 4.03. The molecule has 0 amide bonds. The smallest absolute Gasteiger partial charge is 0.337 e. The van der Waals surface area contributed by atoms with Crippen LogP contribution in [-0.2, 0) is 15.2 Å². The SMILES string of the molecule is COC(=O)c1cccc(C2(F)CC2C(=O)O)c1. The number of methoxy groups -OCH3 is 1. The number of carbonyl (C=O) groups is 2. The van der Waals surface area contributed by atoms with Crippen LogP contribution in [0.15, 0.2) is 24.3 Å². The van der Waals surface area contributed by atoms with Crippen molar-refractivity contribution < 1.29 is 23.8 Å². The van der Waals surface area contributed by atoms with E-state index < -0.39 is 23.5 Å². The van der Waals surface area contributed by atoms with Crippen LogP contribution in [0.4, 0.5) is 4.39 Å². The standard InChI is InChI=1S/C12H11FO4/c1-17-11(16)7-3-2-4-8(5-7)12(13)6-9(12)10(14)15/h2-5,9H,6H2,1H3,(H,14,15). The number of esters is 1. The molecule has 0 aliphatic heterocycles. The molecule has 0 saturated heterocycles. The van der Waals surface area contributed by atoms with Gasteiger partial charge in [0.15, 0.2) is 0 Å². The Bertz CT molecular complexity index is 485. The Balaban J connectivity index is 2.29. The van der Waals surface area contributed by atoms with Crippen LogP contribution in [0.25, 0.3) is 0 Å². The maximum absolute atomic E-state index is 14.2. The zero-order valence-electron chi connectivity index (χ0n) is 9.14. The summed E-state index contributed by atoms with van der Waals surface area (Å²) < 4.78 is 18.7. The van der Waals surface area contributed by atoms with Crippen molar-refractivity contribution >= 4 is 11.9 Å². The monoisotopic (exact) mass is 238 g/mol. The Morgan fingerprint density at radius 1 is 1.53 bits per heavy atom. The van der Waals surface area contributed by atoms with E-state index in [4.69, 9.17) is 5.11 Å². The molecule has 0 spiro atoms. The van der Waals surface area contributed by atoms with Crippen molar-refractivity contribution in [2.45, 2.75) is 12.1 Å². The van der Waals surface area contributed by atoms with E-state index in [2.05, 4.69) is 4.74 Å². The first-order valence-electron chi connectivity index (χ1n) is 5.09. The first-order valence-corrected chi connectivity index (χ1v) is 5.09. The van der Waals surface area contributed by atoms with Crippen molar-refractivity contribution in [3.63, 3.8) is 0 Å². The zero-order chi connectivity index (χ0) is 12.6. The predicted molar refractivity (Wildman–Crippen MR) is 56.3 cm³/mol. The summed E-state index contributed by atoms with van der Waals surface area (Å²) in [6, 6.07) is 5.83. The molecule has 0 aromatic heterocycles. The third-order valence-electron chi connectivity index (χ3n) is 2.96. The molecule has 4 nitrogen and oxygen atoms in total. The van der Waals surface area contributed by atoms with Crippen molar-refractivity contribution in [3.05, 3.63) is 35.4 Å². The molecule has 17 heavy (non-hydrogen) atoms. The number of ether oxygens (including phenoxy) is 1. The molecule has 1 aliphatic carbocycles. The minimum Gasteiger partial charge on any atom is -0.481 e. The van der Waals surface area contributed by atoms with E-state index in [-0.39, 0.29) is 17.5 Å². The maximum atomic E-state index is 14.2. The van der Waals surface area contributed by atoms with Crippen molar-refractivity contribution in [1.82, 2.24) is 0 Å². The van der Waals surface area contributed by atoms with Gasteiger partial charge >= 0.3 is 11.9 Å². The van der Waals surface area contributed by atoms with Crippen molar-refractivity contribution in [2.75, 3.05) is 7.11 Å². The van der Waals surface area contributed by atoms with E-state index >= 15 is 0 Å². The first kappa shape index (κ1) is 11.6. The van der Waals surface area contributed by atoms with E-state index in [0.29, 0.717) is 0 Å². The largest absolute Gasteiger partial charge is 0.481 e. The van der Waals surface area contributed by atoms with Gasteiger partial charge in [0.05, 0.1) is 18.6 Å². The highest BCUT2D eigenvalue weighted by atomic mass is 19.1. The third kappa shape index (κ3) is 1.88. The van der Waals surface area contributed by atoms with Gasteiger partial charge in [0, 0.05) is 6.42 Å². The van der Waals surface area contributed by atoms with Crippen LogP contribution in [0.3, 0.4) is 0 Å². The van der Waals surface area contributed by atoms with Crippen molar-refractivity contribution in [3.8, 4) is 0 Å². The highest BCUT2D eigenvalue weighted by Gasteiger charge is 2.61. The summed E-state index contributed by atoms with van der Waals surface area (Å²) in [5, 5.41) is 8.74. The lowest BCUT2D eigenvalue weighted by molar-refractivity contribution is -0.139. The van der Waals surface area contributed by atoms with Gasteiger partial charge < -0.3 is 9.84 Å². The van der Waals surface area contributed by atoms with Gasteiger partial charge in [0.1, 0.15) is 5.67 Å². The first-order chi connectivity index (χ1) is 7.99. The van der Waals surface area contributed by atoms with Crippen LogP contribution < -0.4 is 0 Å². The molecule has 1 N–H and O–H groups in total. The highest BCUT2D eigenvalue weighted by molar-refractivity contribution is 5.89. The van der Waals surface area contributed by atoms with Crippen molar-refractivity contribution in [1.29, 1.82) is 0 Å². The summed E-state index contributed by atoms with van der Waals surface area (Å²) in [5.74, 6) is -2.74. The number of benzene rings is 1. The molecule has 1 aromatic rings. The van der Waals surface area contributed by atoms with Crippen LogP contribution in [0.1, 0.15) is 22.3 Å². The Morgan fingerprint density at radius 2 is 2.24 bits per heavy atom. The molecule has 5 heteroatoms. The molecule has 1 aliphatic rings. The van der Waals surface area contributed by atoms with Crippen LogP contribution in [0.2, 0.25) is 0 Å². The van der Waals surface area contributed by atoms with Gasteiger partial charge in [-0.05, 0) is 17.7 Å². The number of carbonyl (C=O) groups excluding carboxylic acids is 1. The van der Waals surface area contributed by atoms with Crippen LogP contribution in [0.5, 0.6) is 0 Å². The fraction of sp³-hybridized carbons (Fsp3) is 0.333. The summed E-state index contributed by atoms with van der Waals surface area (Å²) >= 11 is 0. The lowest BCUT2D eigenvalue weighted by Gasteiger charge is -2.08. The molecule has 2 atom stereocenters. The molecule has 1 aromatic carbocycles. The summed E-state index contributed by atoms with van der Waals surface area (Å²) in [7, 11) is 1.23. The van der Waals surface area contributed by atoms with Crippen LogP contribution >= 0.6 is 0 Å². The summed E-state index contributed by atoms with van der Waals surface area (Å²) in [6.45, 7) is 0. The quantitative estimate of drug-likeness (QED) is 0.815. The Labute approximate surface area is 97.0 Å². The lowest BCUT2D eigenvalue weighted by Crippen LogP contribution is -2.11.